The predicted octanol–water partition coefficient (Wildman–Crippen LogP) is 9.70. The molecule has 0 aliphatic heterocycles. The van der Waals surface area contributed by atoms with Crippen molar-refractivity contribution in [3.8, 4) is 11.1 Å². The van der Waals surface area contributed by atoms with Crippen LogP contribution >= 0.6 is 0 Å². The number of aryl methyl sites for hydroxylation is 2. The van der Waals surface area contributed by atoms with Crippen LogP contribution in [-0.4, -0.2) is 17.3 Å². The number of ketones is 3. The lowest BCUT2D eigenvalue weighted by Gasteiger charge is -2.33. The van der Waals surface area contributed by atoms with Crippen molar-refractivity contribution in [3.05, 3.63) is 94.5 Å². The van der Waals surface area contributed by atoms with E-state index in [1.807, 2.05) is 13.0 Å². The van der Waals surface area contributed by atoms with Gasteiger partial charge in [-0.3, -0.25) is 14.4 Å². The van der Waals surface area contributed by atoms with E-state index in [4.69, 9.17) is 0 Å². The van der Waals surface area contributed by atoms with Crippen LogP contribution in [0.15, 0.2) is 66.7 Å². The highest BCUT2D eigenvalue weighted by molar-refractivity contribution is 6.02. The Balaban J connectivity index is 1.58. The summed E-state index contributed by atoms with van der Waals surface area (Å²) in [5, 5.41) is 0. The Morgan fingerprint density at radius 1 is 0.907 bits per heavy atom. The molecule has 3 aromatic rings. The molecule has 0 N–H and O–H groups in total. The number of hydrogen-bond acceptors (Lipinski definition) is 3. The first-order chi connectivity index (χ1) is 20.5. The van der Waals surface area contributed by atoms with Crippen molar-refractivity contribution in [2.45, 2.75) is 105 Å². The second kappa shape index (κ2) is 14.4. The average molecular weight is 579 g/mol. The van der Waals surface area contributed by atoms with Crippen LogP contribution in [0.3, 0.4) is 0 Å². The Labute approximate surface area is 259 Å². The van der Waals surface area contributed by atoms with Gasteiger partial charge in [-0.1, -0.05) is 101 Å². The molecule has 0 amide bonds. The normalized spacial score (nSPS) is 16.4. The van der Waals surface area contributed by atoms with E-state index in [0.717, 1.165) is 72.8 Å². The molecule has 0 heterocycles. The standard InChI is InChI=1S/C40H50O3/c1-7-34(37(42)23-28(3)41)32(16-12-11-15-29-13-9-8-10-14-29)24-30-25-36-35(22-17-27(2)39(36)38(43)26-30)31-18-20-33(21-19-31)40(4,5)6/h8-10,13-14,17-22,30,32,34H,7,11-12,15-16,23-26H2,1-6H3. The highest BCUT2D eigenvalue weighted by Gasteiger charge is 2.34. The summed E-state index contributed by atoms with van der Waals surface area (Å²) in [5.41, 5.74) is 8.13. The molecule has 4 rings (SSSR count). The van der Waals surface area contributed by atoms with Crippen molar-refractivity contribution in [1.82, 2.24) is 0 Å². The van der Waals surface area contributed by atoms with Gasteiger partial charge in [0, 0.05) is 17.9 Å². The molecule has 3 heteroatoms. The summed E-state index contributed by atoms with van der Waals surface area (Å²) in [4.78, 5) is 38.9. The third-order valence-corrected chi connectivity index (χ3v) is 9.44. The first-order valence-corrected chi connectivity index (χ1v) is 16.3. The molecule has 0 saturated heterocycles. The Morgan fingerprint density at radius 3 is 2.23 bits per heavy atom. The molecule has 0 spiro atoms. The topological polar surface area (TPSA) is 51.2 Å². The van der Waals surface area contributed by atoms with E-state index in [2.05, 4.69) is 88.4 Å². The van der Waals surface area contributed by atoms with Crippen LogP contribution in [0.25, 0.3) is 11.1 Å². The maximum Gasteiger partial charge on any atom is 0.163 e. The van der Waals surface area contributed by atoms with Crippen molar-refractivity contribution < 1.29 is 14.4 Å². The average Bonchev–Trinajstić information content (AvgIpc) is 2.95. The molecule has 3 unspecified atom stereocenters. The number of benzene rings is 3. The van der Waals surface area contributed by atoms with Gasteiger partial charge in [-0.25, -0.2) is 0 Å². The zero-order valence-electron chi connectivity index (χ0n) is 27.2. The SMILES string of the molecule is CCC(C(=O)CC(C)=O)C(CCCCc1ccccc1)CC1CC(=O)c2c(C)ccc(-c3ccc(C(C)(C)C)cc3)c2C1. The largest absolute Gasteiger partial charge is 0.300 e. The minimum absolute atomic E-state index is 0.0133. The van der Waals surface area contributed by atoms with Crippen LogP contribution in [0.1, 0.15) is 112 Å². The number of rotatable bonds is 13. The van der Waals surface area contributed by atoms with E-state index in [0.29, 0.717) is 6.42 Å². The molecule has 3 aromatic carbocycles. The fourth-order valence-electron chi connectivity index (χ4n) is 7.17. The number of carbonyl (C=O) groups is 3. The lowest BCUT2D eigenvalue weighted by molar-refractivity contribution is -0.129. The molecule has 228 valence electrons. The zero-order valence-corrected chi connectivity index (χ0v) is 27.2. The van der Waals surface area contributed by atoms with Gasteiger partial charge in [-0.05, 0) is 103 Å². The highest BCUT2D eigenvalue weighted by Crippen LogP contribution is 2.40. The van der Waals surface area contributed by atoms with E-state index >= 15 is 0 Å². The molecule has 0 saturated carbocycles. The van der Waals surface area contributed by atoms with E-state index in [1.165, 1.54) is 18.1 Å². The van der Waals surface area contributed by atoms with Gasteiger partial charge in [-0.2, -0.15) is 0 Å². The molecule has 1 aliphatic rings. The van der Waals surface area contributed by atoms with E-state index in [9.17, 15) is 14.4 Å². The van der Waals surface area contributed by atoms with Gasteiger partial charge in [0.1, 0.15) is 11.6 Å². The fraction of sp³-hybridized carbons (Fsp3) is 0.475. The van der Waals surface area contributed by atoms with Gasteiger partial charge >= 0.3 is 0 Å². The Morgan fingerprint density at radius 2 is 1.60 bits per heavy atom. The van der Waals surface area contributed by atoms with Gasteiger partial charge in [0.15, 0.2) is 5.78 Å². The molecule has 3 nitrogen and oxygen atoms in total. The van der Waals surface area contributed by atoms with Gasteiger partial charge in [0.05, 0.1) is 6.42 Å². The van der Waals surface area contributed by atoms with E-state index in [-0.39, 0.29) is 46.9 Å². The summed E-state index contributed by atoms with van der Waals surface area (Å²) >= 11 is 0. The van der Waals surface area contributed by atoms with Crippen molar-refractivity contribution in [2.24, 2.45) is 17.8 Å². The van der Waals surface area contributed by atoms with Gasteiger partial charge < -0.3 is 0 Å². The number of fused-ring (bicyclic) bond motifs is 1. The molecule has 0 radical (unpaired) electrons. The van der Waals surface area contributed by atoms with Gasteiger partial charge in [0.2, 0.25) is 0 Å². The van der Waals surface area contributed by atoms with Gasteiger partial charge in [0.25, 0.3) is 0 Å². The number of unbranched alkanes of at least 4 members (excludes halogenated alkanes) is 1. The van der Waals surface area contributed by atoms with Crippen LogP contribution in [-0.2, 0) is 27.8 Å². The second-order valence-electron chi connectivity index (χ2n) is 13.9. The summed E-state index contributed by atoms with van der Waals surface area (Å²) in [6.45, 7) is 12.3. The van der Waals surface area contributed by atoms with Crippen LogP contribution in [0.5, 0.6) is 0 Å². The monoisotopic (exact) mass is 578 g/mol. The summed E-state index contributed by atoms with van der Waals surface area (Å²) in [5.74, 6) is 0.451. The van der Waals surface area contributed by atoms with Crippen molar-refractivity contribution in [1.29, 1.82) is 0 Å². The third kappa shape index (κ3) is 8.40. The lowest BCUT2D eigenvalue weighted by atomic mass is 9.71. The fourth-order valence-corrected chi connectivity index (χ4v) is 7.17. The quantitative estimate of drug-likeness (QED) is 0.150. The molecule has 0 fully saturated rings. The number of Topliss-reactive ketones (excluding diaryl/α,β-unsaturated/α-hetero) is 3. The van der Waals surface area contributed by atoms with Crippen molar-refractivity contribution in [3.63, 3.8) is 0 Å². The summed E-state index contributed by atoms with van der Waals surface area (Å²) in [6, 6.07) is 23.6. The van der Waals surface area contributed by atoms with E-state index < -0.39 is 0 Å². The maximum atomic E-state index is 13.7. The maximum absolute atomic E-state index is 13.7. The minimum atomic E-state index is -0.140. The first kappa shape index (κ1) is 32.6. The molecule has 43 heavy (non-hydrogen) atoms. The Hall–Kier alpha value is -3.33. The summed E-state index contributed by atoms with van der Waals surface area (Å²) in [7, 11) is 0. The molecular weight excluding hydrogens is 528 g/mol. The van der Waals surface area contributed by atoms with Crippen LogP contribution in [0, 0.1) is 24.7 Å². The highest BCUT2D eigenvalue weighted by atomic mass is 16.1. The van der Waals surface area contributed by atoms with Crippen LogP contribution in [0.4, 0.5) is 0 Å². The minimum Gasteiger partial charge on any atom is -0.300 e. The van der Waals surface area contributed by atoms with E-state index in [1.54, 1.807) is 0 Å². The zero-order chi connectivity index (χ0) is 31.1. The molecule has 0 aromatic heterocycles. The van der Waals surface area contributed by atoms with Crippen molar-refractivity contribution in [2.75, 3.05) is 0 Å². The smallest absolute Gasteiger partial charge is 0.163 e. The first-order valence-electron chi connectivity index (χ1n) is 16.3. The number of carbonyl (C=O) groups excluding carboxylic acids is 3. The Kier molecular flexibility index (Phi) is 10.9. The van der Waals surface area contributed by atoms with Crippen molar-refractivity contribution >= 4 is 17.3 Å². The summed E-state index contributed by atoms with van der Waals surface area (Å²) in [6.07, 6.45) is 7.03. The van der Waals surface area contributed by atoms with Crippen LogP contribution in [0.2, 0.25) is 0 Å². The molecule has 1 aliphatic carbocycles. The second-order valence-corrected chi connectivity index (χ2v) is 13.9. The predicted molar refractivity (Wildman–Crippen MR) is 178 cm³/mol. The van der Waals surface area contributed by atoms with Gasteiger partial charge in [-0.15, -0.1) is 0 Å². The Bertz CT molecular complexity index is 1410. The molecule has 3 atom stereocenters. The molecule has 0 bridgehead atoms. The number of hydrogen-bond donors (Lipinski definition) is 0. The summed E-state index contributed by atoms with van der Waals surface area (Å²) < 4.78 is 0. The third-order valence-electron chi connectivity index (χ3n) is 9.44. The molecular formula is C40H50O3. The van der Waals surface area contributed by atoms with Crippen LogP contribution < -0.4 is 0 Å². The lowest BCUT2D eigenvalue weighted by Crippen LogP contribution is -2.30.